The smallest absolute Gasteiger partial charge is 0.416 e. The molecule has 0 N–H and O–H groups in total. The first-order chi connectivity index (χ1) is 19.5. The fraction of sp³-hybridized carbons (Fsp3) is 0.344. The Hall–Kier alpha value is -4.34. The van der Waals surface area contributed by atoms with E-state index in [0.29, 0.717) is 0 Å². The third-order valence-electron chi connectivity index (χ3n) is 5.72. The molecule has 0 aliphatic heterocycles. The maximum Gasteiger partial charge on any atom is 0.416 e. The average Bonchev–Trinajstić information content (AvgIpc) is 2.89. The third kappa shape index (κ3) is 9.64. The van der Waals surface area contributed by atoms with E-state index in [2.05, 4.69) is 25.9 Å². The molecule has 0 aliphatic rings. The molecule has 3 aromatic carbocycles. The van der Waals surface area contributed by atoms with Crippen LogP contribution in [0.3, 0.4) is 0 Å². The summed E-state index contributed by atoms with van der Waals surface area (Å²) in [6.07, 6.45) is -2.97. The highest BCUT2D eigenvalue weighted by molar-refractivity contribution is 5.96. The lowest BCUT2D eigenvalue weighted by Crippen LogP contribution is -2.24. The lowest BCUT2D eigenvalue weighted by atomic mass is 9.87. The molecule has 0 atom stereocenters. The lowest BCUT2D eigenvalue weighted by molar-refractivity contribution is -0.137. The molecule has 0 amide bonds. The molecule has 0 saturated heterocycles. The van der Waals surface area contributed by atoms with E-state index in [9.17, 15) is 22.8 Å². The Bertz CT molecular complexity index is 1400. The van der Waals surface area contributed by atoms with Gasteiger partial charge in [0.1, 0.15) is 29.3 Å². The van der Waals surface area contributed by atoms with Crippen molar-refractivity contribution in [1.29, 1.82) is 0 Å². The Labute approximate surface area is 243 Å². The van der Waals surface area contributed by atoms with Gasteiger partial charge in [-0.05, 0) is 73.7 Å². The molecule has 224 valence electrons. The number of halogens is 3. The minimum absolute atomic E-state index is 0.0506. The first-order valence-corrected chi connectivity index (χ1v) is 13.2. The van der Waals surface area contributed by atoms with Crippen LogP contribution in [0.1, 0.15) is 78.9 Å². The number of ether oxygens (including phenoxy) is 3. The van der Waals surface area contributed by atoms with Crippen molar-refractivity contribution >= 4 is 18.2 Å². The largest absolute Gasteiger partial charge is 0.490 e. The molecule has 3 rings (SSSR count). The average molecular weight is 586 g/mol. The highest BCUT2D eigenvalue weighted by Gasteiger charge is 2.30. The number of oxime groups is 1. The zero-order chi connectivity index (χ0) is 31.1. The van der Waals surface area contributed by atoms with Crippen LogP contribution in [0.5, 0.6) is 11.5 Å². The summed E-state index contributed by atoms with van der Waals surface area (Å²) in [7, 11) is 0. The van der Waals surface area contributed by atoms with E-state index in [1.54, 1.807) is 27.0 Å². The Morgan fingerprint density at radius 2 is 1.40 bits per heavy atom. The molecule has 0 aromatic heterocycles. The van der Waals surface area contributed by atoms with Crippen molar-refractivity contribution in [3.8, 4) is 11.5 Å². The van der Waals surface area contributed by atoms with Crippen LogP contribution in [0.2, 0.25) is 0 Å². The van der Waals surface area contributed by atoms with Crippen molar-refractivity contribution in [3.05, 3.63) is 94.5 Å². The van der Waals surface area contributed by atoms with E-state index in [0.717, 1.165) is 29.8 Å². The van der Waals surface area contributed by atoms with Crippen LogP contribution < -0.4 is 9.47 Å². The summed E-state index contributed by atoms with van der Waals surface area (Å²) < 4.78 is 55.1. The van der Waals surface area contributed by atoms with E-state index < -0.39 is 29.3 Å². The number of esters is 2. The standard InChI is InChI=1S/C32H34F3NO6/c1-30(2,3)23-11-7-21(8-12-23)20-36-40-18-17-39-25-15-16-26(29(38)42-31(4,5)6)27(19-25)41-28(37)22-9-13-24(14-10-22)32(33,34)35/h7-16,19-20H,17-18H2,1-6H3. The molecule has 10 heteroatoms. The van der Waals surface area contributed by atoms with Gasteiger partial charge in [0.05, 0.1) is 17.3 Å². The second-order valence-corrected chi connectivity index (χ2v) is 11.4. The Morgan fingerprint density at radius 1 is 0.786 bits per heavy atom. The summed E-state index contributed by atoms with van der Waals surface area (Å²) in [5.41, 5.74) is 0.202. The van der Waals surface area contributed by atoms with E-state index in [1.165, 1.54) is 23.8 Å². The van der Waals surface area contributed by atoms with E-state index in [1.807, 2.05) is 24.3 Å². The number of carbonyl (C=O) groups excluding carboxylic acids is 2. The van der Waals surface area contributed by atoms with E-state index in [4.69, 9.17) is 19.0 Å². The van der Waals surface area contributed by atoms with Gasteiger partial charge in [0.25, 0.3) is 0 Å². The van der Waals surface area contributed by atoms with Crippen molar-refractivity contribution in [2.24, 2.45) is 5.16 Å². The summed E-state index contributed by atoms with van der Waals surface area (Å²) in [4.78, 5) is 30.8. The normalized spacial score (nSPS) is 12.2. The van der Waals surface area contributed by atoms with Crippen LogP contribution in [0.15, 0.2) is 71.9 Å². The minimum atomic E-state index is -4.55. The molecule has 3 aromatic rings. The van der Waals surface area contributed by atoms with Gasteiger partial charge >= 0.3 is 18.1 Å². The minimum Gasteiger partial charge on any atom is -0.490 e. The summed E-state index contributed by atoms with van der Waals surface area (Å²) in [6, 6.07) is 15.7. The van der Waals surface area contributed by atoms with Crippen molar-refractivity contribution in [1.82, 2.24) is 0 Å². The molecule has 0 radical (unpaired) electrons. The van der Waals surface area contributed by atoms with Gasteiger partial charge in [0, 0.05) is 6.07 Å². The topological polar surface area (TPSA) is 83.4 Å². The number of benzene rings is 3. The van der Waals surface area contributed by atoms with Crippen LogP contribution in [-0.4, -0.2) is 37.0 Å². The molecule has 0 heterocycles. The first-order valence-electron chi connectivity index (χ1n) is 13.2. The zero-order valence-electron chi connectivity index (χ0n) is 24.4. The summed E-state index contributed by atoms with van der Waals surface area (Å²) in [6.45, 7) is 11.6. The summed E-state index contributed by atoms with van der Waals surface area (Å²) in [5, 5.41) is 3.94. The van der Waals surface area contributed by atoms with Crippen LogP contribution in [0.25, 0.3) is 0 Å². The Morgan fingerprint density at radius 3 is 1.98 bits per heavy atom. The summed E-state index contributed by atoms with van der Waals surface area (Å²) >= 11 is 0. The number of hydrogen-bond donors (Lipinski definition) is 0. The Kier molecular flexibility index (Phi) is 10.0. The molecule has 0 unspecified atom stereocenters. The van der Waals surface area contributed by atoms with Gasteiger partial charge < -0.3 is 19.0 Å². The molecule has 0 aliphatic carbocycles. The third-order valence-corrected chi connectivity index (χ3v) is 5.72. The van der Waals surface area contributed by atoms with Crippen LogP contribution >= 0.6 is 0 Å². The number of nitrogens with zero attached hydrogens (tertiary/aromatic N) is 1. The molecule has 0 spiro atoms. The SMILES string of the molecule is CC(C)(C)OC(=O)c1ccc(OCCON=Cc2ccc(C(C)(C)C)cc2)cc1OC(=O)c1ccc(C(F)(F)F)cc1. The number of carbonyl (C=O) groups is 2. The predicted molar refractivity (Wildman–Crippen MR) is 152 cm³/mol. The van der Waals surface area contributed by atoms with E-state index >= 15 is 0 Å². The van der Waals surface area contributed by atoms with E-state index in [-0.39, 0.29) is 41.3 Å². The highest BCUT2D eigenvalue weighted by Crippen LogP contribution is 2.31. The molecule has 0 bridgehead atoms. The van der Waals surface area contributed by atoms with Gasteiger partial charge in [-0.25, -0.2) is 9.59 Å². The Balaban J connectivity index is 1.66. The van der Waals surface area contributed by atoms with Gasteiger partial charge in [-0.2, -0.15) is 13.2 Å². The van der Waals surface area contributed by atoms with Gasteiger partial charge in [-0.3, -0.25) is 0 Å². The molecule has 7 nitrogen and oxygen atoms in total. The fourth-order valence-electron chi connectivity index (χ4n) is 3.55. The number of rotatable bonds is 9. The lowest BCUT2D eigenvalue weighted by Gasteiger charge is -2.20. The molecular formula is C32H34F3NO6. The molecule has 0 saturated carbocycles. The van der Waals surface area contributed by atoms with Crippen LogP contribution in [0, 0.1) is 0 Å². The molecule has 0 fully saturated rings. The quantitative estimate of drug-likeness (QED) is 0.0845. The second kappa shape index (κ2) is 13.1. The number of alkyl halides is 3. The monoisotopic (exact) mass is 585 g/mol. The van der Waals surface area contributed by atoms with Gasteiger partial charge in [0.2, 0.25) is 0 Å². The van der Waals surface area contributed by atoms with Gasteiger partial charge in [0.15, 0.2) is 6.61 Å². The van der Waals surface area contributed by atoms with Crippen molar-refractivity contribution in [2.45, 2.75) is 58.7 Å². The second-order valence-electron chi connectivity index (χ2n) is 11.4. The van der Waals surface area contributed by atoms with Gasteiger partial charge in [-0.1, -0.05) is 50.2 Å². The van der Waals surface area contributed by atoms with Crippen molar-refractivity contribution in [3.63, 3.8) is 0 Å². The molecule has 42 heavy (non-hydrogen) atoms. The van der Waals surface area contributed by atoms with Crippen LogP contribution in [0.4, 0.5) is 13.2 Å². The maximum absolute atomic E-state index is 12.9. The number of hydrogen-bond acceptors (Lipinski definition) is 7. The zero-order valence-corrected chi connectivity index (χ0v) is 24.4. The first kappa shape index (κ1) is 32.2. The summed E-state index contributed by atoms with van der Waals surface area (Å²) in [5.74, 6) is -1.64. The maximum atomic E-state index is 12.9. The van der Waals surface area contributed by atoms with Gasteiger partial charge in [-0.15, -0.1) is 0 Å². The van der Waals surface area contributed by atoms with Crippen molar-refractivity contribution in [2.75, 3.05) is 13.2 Å². The molecular weight excluding hydrogens is 551 g/mol. The predicted octanol–water partition coefficient (Wildman–Crippen LogP) is 7.61. The van der Waals surface area contributed by atoms with Crippen LogP contribution in [-0.2, 0) is 21.2 Å². The highest BCUT2D eigenvalue weighted by atomic mass is 19.4. The fourth-order valence-corrected chi connectivity index (χ4v) is 3.55. The van der Waals surface area contributed by atoms with Crippen molar-refractivity contribution < 1.29 is 41.8 Å².